The third-order valence-electron chi connectivity index (χ3n) is 5.09. The number of nitrogens with one attached hydrogen (secondary N) is 1. The number of benzene rings is 1. The Morgan fingerprint density at radius 3 is 2.85 bits per heavy atom. The topological polar surface area (TPSA) is 80.5 Å². The van der Waals surface area contributed by atoms with Crippen LogP contribution in [0, 0.1) is 0 Å². The van der Waals surface area contributed by atoms with E-state index in [1.54, 1.807) is 12.3 Å². The number of rotatable bonds is 3. The number of methoxy groups -OCH3 is 1. The van der Waals surface area contributed by atoms with Crippen LogP contribution in [0.1, 0.15) is 23.2 Å². The zero-order valence-corrected chi connectivity index (χ0v) is 15.1. The van der Waals surface area contributed by atoms with E-state index >= 15 is 0 Å². The van der Waals surface area contributed by atoms with Crippen molar-refractivity contribution in [3.63, 3.8) is 0 Å². The van der Waals surface area contributed by atoms with Gasteiger partial charge in [-0.3, -0.25) is 0 Å². The second-order valence-corrected chi connectivity index (χ2v) is 7.60. The van der Waals surface area contributed by atoms with Crippen LogP contribution in [0.2, 0.25) is 0 Å². The maximum atomic E-state index is 12.2. The summed E-state index contributed by atoms with van der Waals surface area (Å²) in [5.74, 6) is -0.416. The predicted octanol–water partition coefficient (Wildman–Crippen LogP) is 2.68. The molecule has 0 saturated carbocycles. The molecule has 134 valence electrons. The molecule has 8 heteroatoms. The van der Waals surface area contributed by atoms with Crippen molar-refractivity contribution < 1.29 is 13.9 Å². The van der Waals surface area contributed by atoms with E-state index in [9.17, 15) is 4.79 Å². The molecule has 0 amide bonds. The molecule has 2 saturated heterocycles. The number of esters is 1. The van der Waals surface area contributed by atoms with Crippen LogP contribution in [0.15, 0.2) is 28.1 Å². The highest BCUT2D eigenvalue weighted by Gasteiger charge is 2.34. The van der Waals surface area contributed by atoms with Gasteiger partial charge in [0.15, 0.2) is 5.58 Å². The molecule has 2 atom stereocenters. The summed E-state index contributed by atoms with van der Waals surface area (Å²) in [6.45, 7) is 1.73. The summed E-state index contributed by atoms with van der Waals surface area (Å²) in [4.78, 5) is 23.4. The quantitative estimate of drug-likeness (QED) is 0.710. The fraction of sp³-hybridized carbons (Fsp3) is 0.389. The van der Waals surface area contributed by atoms with Crippen LogP contribution in [0.25, 0.3) is 21.7 Å². The summed E-state index contributed by atoms with van der Waals surface area (Å²) < 4.78 is 11.1. The Hall–Kier alpha value is -2.45. The van der Waals surface area contributed by atoms with Crippen LogP contribution in [-0.4, -0.2) is 48.2 Å². The molecular weight excluding hydrogens is 352 g/mol. The lowest BCUT2D eigenvalue weighted by Gasteiger charge is -2.31. The van der Waals surface area contributed by atoms with Gasteiger partial charge < -0.3 is 19.4 Å². The Kier molecular flexibility index (Phi) is 3.68. The molecule has 1 aromatic carbocycles. The summed E-state index contributed by atoms with van der Waals surface area (Å²) in [6.07, 6.45) is 4.11. The van der Waals surface area contributed by atoms with E-state index in [2.05, 4.69) is 20.2 Å². The van der Waals surface area contributed by atoms with E-state index in [0.29, 0.717) is 34.8 Å². The van der Waals surface area contributed by atoms with Crippen LogP contribution in [0.4, 0.5) is 6.01 Å². The molecule has 2 unspecified atom stereocenters. The average molecular weight is 370 g/mol. The number of ether oxygens (including phenoxy) is 1. The number of aromatic nitrogens is 2. The number of hydrogen-bond acceptors (Lipinski definition) is 8. The summed E-state index contributed by atoms with van der Waals surface area (Å²) in [5, 5.41) is 6.36. The van der Waals surface area contributed by atoms with Crippen LogP contribution in [-0.2, 0) is 4.74 Å². The van der Waals surface area contributed by atoms with E-state index < -0.39 is 5.97 Å². The largest absolute Gasteiger partial charge is 0.465 e. The van der Waals surface area contributed by atoms with Gasteiger partial charge in [0.25, 0.3) is 6.01 Å². The van der Waals surface area contributed by atoms with Crippen molar-refractivity contribution in [1.82, 2.24) is 15.3 Å². The number of oxazole rings is 1. The van der Waals surface area contributed by atoms with Gasteiger partial charge in [0.1, 0.15) is 10.5 Å². The summed E-state index contributed by atoms with van der Waals surface area (Å²) in [7, 11) is 1.37. The summed E-state index contributed by atoms with van der Waals surface area (Å²) in [5.41, 5.74) is 2.38. The molecular formula is C18H18N4O3S. The molecule has 0 spiro atoms. The molecule has 2 aromatic heterocycles. The lowest BCUT2D eigenvalue weighted by Crippen LogP contribution is -2.51. The van der Waals surface area contributed by atoms with E-state index in [4.69, 9.17) is 9.15 Å². The average Bonchev–Trinajstić information content (AvgIpc) is 3.40. The minimum absolute atomic E-state index is 0.413. The van der Waals surface area contributed by atoms with Crippen molar-refractivity contribution in [3.05, 3.63) is 29.3 Å². The fourth-order valence-electron chi connectivity index (χ4n) is 3.88. The standard InChI is InChI=1S/C18H18N4O3S/c1-24-17(23)12-4-5-13(16-19-6-7-26-16)15-14(12)21-18(25-15)22-8-10-2-3-11(9-22)20-10/h4-7,10-11,20H,2-3,8-9H2,1H3. The number of piperazine rings is 1. The molecule has 2 aliphatic heterocycles. The molecule has 0 radical (unpaired) electrons. The highest BCUT2D eigenvalue weighted by Crippen LogP contribution is 2.36. The molecule has 2 bridgehead atoms. The van der Waals surface area contributed by atoms with Crippen LogP contribution < -0.4 is 10.2 Å². The molecule has 3 aromatic rings. The fourth-order valence-corrected chi connectivity index (χ4v) is 4.54. The number of nitrogens with zero attached hydrogens (tertiary/aromatic N) is 3. The van der Waals surface area contributed by atoms with Gasteiger partial charge in [-0.15, -0.1) is 11.3 Å². The Morgan fingerprint density at radius 2 is 2.15 bits per heavy atom. The van der Waals surface area contributed by atoms with Gasteiger partial charge >= 0.3 is 5.97 Å². The lowest BCUT2D eigenvalue weighted by molar-refractivity contribution is 0.0603. The minimum atomic E-state index is -0.416. The first kappa shape index (κ1) is 15.8. The maximum Gasteiger partial charge on any atom is 0.340 e. The SMILES string of the molecule is COC(=O)c1ccc(-c2nccs2)c2oc(N3CC4CCC(C3)N4)nc12. The van der Waals surface area contributed by atoms with E-state index in [0.717, 1.165) is 23.7 Å². The third-order valence-corrected chi connectivity index (χ3v) is 5.89. The van der Waals surface area contributed by atoms with Gasteiger partial charge in [0.2, 0.25) is 0 Å². The summed E-state index contributed by atoms with van der Waals surface area (Å²) in [6, 6.07) is 5.10. The van der Waals surface area contributed by atoms with E-state index in [1.165, 1.54) is 31.3 Å². The van der Waals surface area contributed by atoms with Crippen molar-refractivity contribution in [3.8, 4) is 10.6 Å². The number of thiazole rings is 1. The zero-order valence-electron chi connectivity index (χ0n) is 14.3. The smallest absolute Gasteiger partial charge is 0.340 e. The van der Waals surface area contributed by atoms with E-state index in [1.807, 2.05) is 11.4 Å². The number of fused-ring (bicyclic) bond motifs is 3. The lowest BCUT2D eigenvalue weighted by atomic mass is 10.1. The Labute approximate surface area is 154 Å². The number of carbonyl (C=O) groups excluding carboxylic acids is 1. The Balaban J connectivity index is 1.64. The molecule has 7 nitrogen and oxygen atoms in total. The van der Waals surface area contributed by atoms with Crippen LogP contribution in [0.5, 0.6) is 0 Å². The number of hydrogen-bond donors (Lipinski definition) is 1. The normalized spacial score (nSPS) is 22.1. The van der Waals surface area contributed by atoms with Crippen molar-refractivity contribution in [1.29, 1.82) is 0 Å². The second kappa shape index (κ2) is 6.07. The highest BCUT2D eigenvalue weighted by atomic mass is 32.1. The van der Waals surface area contributed by atoms with Crippen LogP contribution >= 0.6 is 11.3 Å². The monoisotopic (exact) mass is 370 g/mol. The molecule has 0 aliphatic carbocycles. The van der Waals surface area contributed by atoms with E-state index in [-0.39, 0.29) is 0 Å². The molecule has 5 rings (SSSR count). The maximum absolute atomic E-state index is 12.2. The Bertz CT molecular complexity index is 956. The van der Waals surface area contributed by atoms with Gasteiger partial charge in [-0.1, -0.05) is 0 Å². The number of anilines is 1. The van der Waals surface area contributed by atoms with Gasteiger partial charge in [0, 0.05) is 36.8 Å². The first-order valence-corrected chi connectivity index (χ1v) is 9.53. The first-order chi connectivity index (χ1) is 12.7. The predicted molar refractivity (Wildman–Crippen MR) is 98.6 cm³/mol. The molecule has 2 aliphatic rings. The zero-order chi connectivity index (χ0) is 17.7. The second-order valence-electron chi connectivity index (χ2n) is 6.71. The van der Waals surface area contributed by atoms with Gasteiger partial charge in [0.05, 0.1) is 18.2 Å². The Morgan fingerprint density at radius 1 is 1.35 bits per heavy atom. The molecule has 26 heavy (non-hydrogen) atoms. The van der Waals surface area contributed by atoms with Crippen molar-refractivity contribution in [2.75, 3.05) is 25.1 Å². The molecule has 2 fully saturated rings. The minimum Gasteiger partial charge on any atom is -0.465 e. The van der Waals surface area contributed by atoms with Crippen molar-refractivity contribution in [2.45, 2.75) is 24.9 Å². The highest BCUT2D eigenvalue weighted by molar-refractivity contribution is 7.13. The number of carbonyl (C=O) groups is 1. The summed E-state index contributed by atoms with van der Waals surface area (Å²) >= 11 is 1.53. The third kappa shape index (κ3) is 2.48. The van der Waals surface area contributed by atoms with Crippen LogP contribution in [0.3, 0.4) is 0 Å². The van der Waals surface area contributed by atoms with Gasteiger partial charge in [-0.25, -0.2) is 9.78 Å². The van der Waals surface area contributed by atoms with Crippen molar-refractivity contribution >= 4 is 34.4 Å². The molecule has 1 N–H and O–H groups in total. The molecule has 4 heterocycles. The first-order valence-electron chi connectivity index (χ1n) is 8.65. The van der Waals surface area contributed by atoms with Crippen molar-refractivity contribution in [2.24, 2.45) is 0 Å². The van der Waals surface area contributed by atoms with Gasteiger partial charge in [-0.05, 0) is 25.0 Å². The van der Waals surface area contributed by atoms with Gasteiger partial charge in [-0.2, -0.15) is 4.98 Å².